The second kappa shape index (κ2) is 6.92. The van der Waals surface area contributed by atoms with Crippen LogP contribution in [0.25, 0.3) is 0 Å². The molecule has 2 rings (SSSR count). The molecule has 1 aliphatic heterocycles. The zero-order valence-corrected chi connectivity index (χ0v) is 12.4. The topological polar surface area (TPSA) is 24.5 Å². The third-order valence-electron chi connectivity index (χ3n) is 3.81. The molecule has 1 saturated heterocycles. The molecule has 3 heteroatoms. The Kier molecular flexibility index (Phi) is 5.23. The summed E-state index contributed by atoms with van der Waals surface area (Å²) in [4.78, 5) is 2.53. The van der Waals surface area contributed by atoms with Gasteiger partial charge in [0.15, 0.2) is 0 Å². The molecule has 1 heterocycles. The van der Waals surface area contributed by atoms with Gasteiger partial charge in [-0.05, 0) is 31.5 Å². The fourth-order valence-electron chi connectivity index (χ4n) is 2.68. The average molecular weight is 262 g/mol. The SMILES string of the molecule is CCNCc1ccccc1N1CC(C)OCC1CC. The number of nitrogens with zero attached hydrogens (tertiary/aromatic N) is 1. The van der Waals surface area contributed by atoms with Crippen molar-refractivity contribution in [2.24, 2.45) is 0 Å². The molecule has 1 fully saturated rings. The third-order valence-corrected chi connectivity index (χ3v) is 3.81. The first-order valence-corrected chi connectivity index (χ1v) is 7.43. The molecule has 1 N–H and O–H groups in total. The molecule has 2 unspecified atom stereocenters. The van der Waals surface area contributed by atoms with E-state index in [-0.39, 0.29) is 0 Å². The summed E-state index contributed by atoms with van der Waals surface area (Å²) in [5.74, 6) is 0. The van der Waals surface area contributed by atoms with Crippen molar-refractivity contribution in [3.05, 3.63) is 29.8 Å². The van der Waals surface area contributed by atoms with Crippen LogP contribution in [0.1, 0.15) is 32.8 Å². The predicted octanol–water partition coefficient (Wildman–Crippen LogP) is 2.80. The average Bonchev–Trinajstić information content (AvgIpc) is 2.45. The molecular formula is C16H26N2O. The lowest BCUT2D eigenvalue weighted by Crippen LogP contribution is -2.49. The lowest BCUT2D eigenvalue weighted by molar-refractivity contribution is 0.0299. The molecule has 0 spiro atoms. The van der Waals surface area contributed by atoms with Crippen molar-refractivity contribution in [2.75, 3.05) is 24.6 Å². The molecular weight excluding hydrogens is 236 g/mol. The maximum atomic E-state index is 5.80. The van der Waals surface area contributed by atoms with E-state index in [1.54, 1.807) is 0 Å². The van der Waals surface area contributed by atoms with Gasteiger partial charge in [-0.15, -0.1) is 0 Å². The molecule has 0 aromatic heterocycles. The highest BCUT2D eigenvalue weighted by Crippen LogP contribution is 2.27. The minimum Gasteiger partial charge on any atom is -0.375 e. The smallest absolute Gasteiger partial charge is 0.0723 e. The Morgan fingerprint density at radius 3 is 2.84 bits per heavy atom. The van der Waals surface area contributed by atoms with Crippen LogP contribution in [0.15, 0.2) is 24.3 Å². The van der Waals surface area contributed by atoms with E-state index in [0.29, 0.717) is 12.1 Å². The van der Waals surface area contributed by atoms with Gasteiger partial charge in [-0.2, -0.15) is 0 Å². The molecule has 2 atom stereocenters. The highest BCUT2D eigenvalue weighted by atomic mass is 16.5. The van der Waals surface area contributed by atoms with Crippen LogP contribution in [0.4, 0.5) is 5.69 Å². The molecule has 0 bridgehead atoms. The molecule has 0 amide bonds. The van der Waals surface area contributed by atoms with Crippen LogP contribution < -0.4 is 10.2 Å². The molecule has 1 aromatic carbocycles. The van der Waals surface area contributed by atoms with E-state index in [9.17, 15) is 0 Å². The van der Waals surface area contributed by atoms with Gasteiger partial charge in [0, 0.05) is 18.8 Å². The number of anilines is 1. The number of ether oxygens (including phenoxy) is 1. The number of morpholine rings is 1. The van der Waals surface area contributed by atoms with Crippen LogP contribution in [0.5, 0.6) is 0 Å². The first-order valence-electron chi connectivity index (χ1n) is 7.43. The van der Waals surface area contributed by atoms with Crippen LogP contribution >= 0.6 is 0 Å². The summed E-state index contributed by atoms with van der Waals surface area (Å²) in [6, 6.07) is 9.23. The summed E-state index contributed by atoms with van der Waals surface area (Å²) in [6.07, 6.45) is 1.44. The Morgan fingerprint density at radius 2 is 2.11 bits per heavy atom. The lowest BCUT2D eigenvalue weighted by atomic mass is 10.1. The largest absolute Gasteiger partial charge is 0.375 e. The minimum absolute atomic E-state index is 0.315. The second-order valence-corrected chi connectivity index (χ2v) is 5.27. The zero-order chi connectivity index (χ0) is 13.7. The molecule has 1 aromatic rings. The molecule has 3 nitrogen and oxygen atoms in total. The van der Waals surface area contributed by atoms with Crippen LogP contribution in [-0.2, 0) is 11.3 Å². The highest BCUT2D eigenvalue weighted by Gasteiger charge is 2.26. The summed E-state index contributed by atoms with van der Waals surface area (Å²) in [5, 5.41) is 3.43. The Balaban J connectivity index is 2.22. The van der Waals surface area contributed by atoms with Gasteiger partial charge in [-0.3, -0.25) is 0 Å². The van der Waals surface area contributed by atoms with Crippen LogP contribution in [-0.4, -0.2) is 31.8 Å². The van der Waals surface area contributed by atoms with Gasteiger partial charge in [-0.1, -0.05) is 32.0 Å². The normalized spacial score (nSPS) is 23.6. The number of para-hydroxylation sites is 1. The lowest BCUT2D eigenvalue weighted by Gasteiger charge is -2.41. The maximum Gasteiger partial charge on any atom is 0.0723 e. The van der Waals surface area contributed by atoms with Gasteiger partial charge in [0.1, 0.15) is 0 Å². The number of rotatable bonds is 5. The third kappa shape index (κ3) is 3.48. The molecule has 0 radical (unpaired) electrons. The monoisotopic (exact) mass is 262 g/mol. The van der Waals surface area contributed by atoms with Crippen molar-refractivity contribution in [1.82, 2.24) is 5.32 Å². The standard InChI is InChI=1S/C16H26N2O/c1-4-15-12-19-13(3)11-18(15)16-9-7-6-8-14(16)10-17-5-2/h6-9,13,15,17H,4-5,10-12H2,1-3H3. The van der Waals surface area contributed by atoms with Crippen molar-refractivity contribution in [3.63, 3.8) is 0 Å². The quantitative estimate of drug-likeness (QED) is 0.883. The summed E-state index contributed by atoms with van der Waals surface area (Å²) in [5.41, 5.74) is 2.75. The van der Waals surface area contributed by atoms with Gasteiger partial charge >= 0.3 is 0 Å². The van der Waals surface area contributed by atoms with E-state index in [4.69, 9.17) is 4.74 Å². The molecule has 19 heavy (non-hydrogen) atoms. The first-order chi connectivity index (χ1) is 9.26. The summed E-state index contributed by atoms with van der Waals surface area (Å²) >= 11 is 0. The van der Waals surface area contributed by atoms with Crippen LogP contribution in [0, 0.1) is 0 Å². The van der Waals surface area contributed by atoms with E-state index in [1.165, 1.54) is 11.3 Å². The Morgan fingerprint density at radius 1 is 1.32 bits per heavy atom. The van der Waals surface area contributed by atoms with E-state index in [2.05, 4.69) is 55.3 Å². The number of hydrogen-bond donors (Lipinski definition) is 1. The highest BCUT2D eigenvalue weighted by molar-refractivity contribution is 5.55. The number of benzene rings is 1. The van der Waals surface area contributed by atoms with Gasteiger partial charge < -0.3 is 15.0 Å². The Bertz CT molecular complexity index is 394. The molecule has 0 aliphatic carbocycles. The fraction of sp³-hybridized carbons (Fsp3) is 0.625. The van der Waals surface area contributed by atoms with Crippen LogP contribution in [0.3, 0.4) is 0 Å². The van der Waals surface area contributed by atoms with Gasteiger partial charge in [0.2, 0.25) is 0 Å². The summed E-state index contributed by atoms with van der Waals surface area (Å²) in [7, 11) is 0. The molecule has 106 valence electrons. The van der Waals surface area contributed by atoms with Gasteiger partial charge in [0.25, 0.3) is 0 Å². The Labute approximate surface area is 116 Å². The number of hydrogen-bond acceptors (Lipinski definition) is 3. The maximum absolute atomic E-state index is 5.80. The van der Waals surface area contributed by atoms with Crippen molar-refractivity contribution in [2.45, 2.75) is 45.9 Å². The van der Waals surface area contributed by atoms with Gasteiger partial charge in [-0.25, -0.2) is 0 Å². The summed E-state index contributed by atoms with van der Waals surface area (Å²) in [6.45, 7) is 10.3. The predicted molar refractivity (Wildman–Crippen MR) is 80.7 cm³/mol. The minimum atomic E-state index is 0.315. The van der Waals surface area contributed by atoms with Crippen molar-refractivity contribution in [3.8, 4) is 0 Å². The zero-order valence-electron chi connectivity index (χ0n) is 12.4. The Hall–Kier alpha value is -1.06. The summed E-state index contributed by atoms with van der Waals surface area (Å²) < 4.78 is 5.80. The van der Waals surface area contributed by atoms with E-state index < -0.39 is 0 Å². The van der Waals surface area contributed by atoms with E-state index in [0.717, 1.165) is 32.7 Å². The number of nitrogens with one attached hydrogen (secondary N) is 1. The van der Waals surface area contributed by atoms with E-state index in [1.807, 2.05) is 0 Å². The van der Waals surface area contributed by atoms with Crippen molar-refractivity contribution in [1.29, 1.82) is 0 Å². The first kappa shape index (κ1) is 14.4. The second-order valence-electron chi connectivity index (χ2n) is 5.27. The van der Waals surface area contributed by atoms with Crippen LogP contribution in [0.2, 0.25) is 0 Å². The van der Waals surface area contributed by atoms with Crippen molar-refractivity contribution >= 4 is 5.69 Å². The fourth-order valence-corrected chi connectivity index (χ4v) is 2.68. The van der Waals surface area contributed by atoms with Gasteiger partial charge in [0.05, 0.1) is 18.8 Å². The van der Waals surface area contributed by atoms with E-state index >= 15 is 0 Å². The molecule has 1 aliphatic rings. The van der Waals surface area contributed by atoms with Crippen molar-refractivity contribution < 1.29 is 4.74 Å². The molecule has 0 saturated carbocycles.